The summed E-state index contributed by atoms with van der Waals surface area (Å²) in [6.07, 6.45) is -5.31. The molecule has 25 heavy (non-hydrogen) atoms. The zero-order valence-electron chi connectivity index (χ0n) is 13.0. The van der Waals surface area contributed by atoms with Crippen molar-refractivity contribution in [3.05, 3.63) is 50.6 Å². The van der Waals surface area contributed by atoms with Gasteiger partial charge in [0.05, 0.1) is 17.6 Å². The first kappa shape index (κ1) is 17.8. The monoisotopic (exact) mass is 387 g/mol. The summed E-state index contributed by atoms with van der Waals surface area (Å²) in [5.41, 5.74) is 1.44. The second-order valence-corrected chi connectivity index (χ2v) is 6.76. The van der Waals surface area contributed by atoms with Gasteiger partial charge in [0.15, 0.2) is 0 Å². The molecule has 4 nitrogen and oxygen atoms in total. The predicted octanol–water partition coefficient (Wildman–Crippen LogP) is 4.77. The van der Waals surface area contributed by atoms with Crippen LogP contribution >= 0.6 is 22.9 Å². The van der Waals surface area contributed by atoms with Gasteiger partial charge in [-0.1, -0.05) is 11.6 Å². The molecule has 1 N–H and O–H groups in total. The number of alkyl halides is 3. The van der Waals surface area contributed by atoms with E-state index < -0.39 is 12.6 Å². The van der Waals surface area contributed by atoms with E-state index in [9.17, 15) is 18.0 Å². The summed E-state index contributed by atoms with van der Waals surface area (Å²) < 4.78 is 39.0. The number of hydrogen-bond acceptors (Lipinski definition) is 4. The standard InChI is InChI=1S/C16H13ClF3N3OS/c1-9-8-25-13-12(9)22-15(21-7-6-16(18,19)20)23(14(13)24)11-4-2-10(17)3-5-11/h2-5,8H,6-7H2,1H3,(H,21,22). The molecule has 0 saturated carbocycles. The van der Waals surface area contributed by atoms with Gasteiger partial charge < -0.3 is 5.32 Å². The van der Waals surface area contributed by atoms with E-state index >= 15 is 0 Å². The Morgan fingerprint density at radius 1 is 1.28 bits per heavy atom. The molecule has 0 aliphatic rings. The Morgan fingerprint density at radius 2 is 1.96 bits per heavy atom. The fourth-order valence-corrected chi connectivity index (χ4v) is 3.39. The molecule has 0 atom stereocenters. The minimum absolute atomic E-state index is 0.0746. The van der Waals surface area contributed by atoms with E-state index in [1.807, 2.05) is 0 Å². The summed E-state index contributed by atoms with van der Waals surface area (Å²) in [6.45, 7) is 1.43. The highest BCUT2D eigenvalue weighted by Crippen LogP contribution is 2.25. The van der Waals surface area contributed by atoms with Crippen LogP contribution in [0, 0.1) is 6.92 Å². The number of fused-ring (bicyclic) bond motifs is 1. The highest BCUT2D eigenvalue weighted by atomic mass is 35.5. The Kier molecular flexibility index (Phi) is 4.75. The lowest BCUT2D eigenvalue weighted by Gasteiger charge is -2.15. The third-order valence-corrected chi connectivity index (χ3v) is 4.87. The van der Waals surface area contributed by atoms with Crippen molar-refractivity contribution in [2.75, 3.05) is 11.9 Å². The minimum Gasteiger partial charge on any atom is -0.355 e. The zero-order valence-corrected chi connectivity index (χ0v) is 14.6. The van der Waals surface area contributed by atoms with Gasteiger partial charge in [0, 0.05) is 11.6 Å². The van der Waals surface area contributed by atoms with Crippen LogP contribution in [-0.4, -0.2) is 22.3 Å². The number of aryl methyl sites for hydroxylation is 1. The van der Waals surface area contributed by atoms with Crippen molar-refractivity contribution >= 4 is 39.1 Å². The molecular formula is C16H13ClF3N3OS. The predicted molar refractivity (Wildman–Crippen MR) is 94.1 cm³/mol. The largest absolute Gasteiger partial charge is 0.390 e. The number of benzene rings is 1. The maximum absolute atomic E-state index is 12.8. The molecule has 132 valence electrons. The van der Waals surface area contributed by atoms with Gasteiger partial charge in [-0.2, -0.15) is 13.2 Å². The molecule has 0 amide bonds. The van der Waals surface area contributed by atoms with Gasteiger partial charge in [0.25, 0.3) is 5.56 Å². The Labute approximate surface area is 149 Å². The van der Waals surface area contributed by atoms with E-state index in [-0.39, 0.29) is 18.1 Å². The van der Waals surface area contributed by atoms with Crippen molar-refractivity contribution < 1.29 is 13.2 Å². The van der Waals surface area contributed by atoms with E-state index in [4.69, 9.17) is 11.6 Å². The smallest absolute Gasteiger partial charge is 0.355 e. The quantitative estimate of drug-likeness (QED) is 0.701. The maximum Gasteiger partial charge on any atom is 0.390 e. The number of thiophene rings is 1. The van der Waals surface area contributed by atoms with Crippen LogP contribution in [0.5, 0.6) is 0 Å². The molecule has 3 rings (SSSR count). The van der Waals surface area contributed by atoms with Gasteiger partial charge in [-0.25, -0.2) is 9.55 Å². The van der Waals surface area contributed by atoms with Gasteiger partial charge in [0.1, 0.15) is 4.70 Å². The lowest BCUT2D eigenvalue weighted by atomic mass is 10.3. The lowest BCUT2D eigenvalue weighted by molar-refractivity contribution is -0.131. The Bertz CT molecular complexity index is 964. The average Bonchev–Trinajstić information content (AvgIpc) is 2.89. The number of halogens is 4. The van der Waals surface area contributed by atoms with Crippen molar-refractivity contribution in [1.82, 2.24) is 9.55 Å². The van der Waals surface area contributed by atoms with Crippen LogP contribution in [0.25, 0.3) is 15.9 Å². The lowest BCUT2D eigenvalue weighted by Crippen LogP contribution is -2.25. The zero-order chi connectivity index (χ0) is 18.2. The summed E-state index contributed by atoms with van der Waals surface area (Å²) in [6, 6.07) is 6.44. The highest BCUT2D eigenvalue weighted by molar-refractivity contribution is 7.17. The molecule has 0 bridgehead atoms. The molecule has 9 heteroatoms. The van der Waals surface area contributed by atoms with E-state index in [0.29, 0.717) is 20.9 Å². The van der Waals surface area contributed by atoms with Gasteiger partial charge in [-0.05, 0) is 42.1 Å². The first-order valence-electron chi connectivity index (χ1n) is 7.34. The van der Waals surface area contributed by atoms with Crippen LogP contribution in [-0.2, 0) is 0 Å². The molecule has 0 unspecified atom stereocenters. The van der Waals surface area contributed by atoms with Crippen LogP contribution in [0.15, 0.2) is 34.4 Å². The first-order chi connectivity index (χ1) is 11.8. The number of anilines is 1. The van der Waals surface area contributed by atoms with Crippen molar-refractivity contribution in [2.24, 2.45) is 0 Å². The van der Waals surface area contributed by atoms with E-state index in [2.05, 4.69) is 10.3 Å². The Balaban J connectivity index is 2.11. The number of hydrogen-bond donors (Lipinski definition) is 1. The van der Waals surface area contributed by atoms with Gasteiger partial charge >= 0.3 is 6.18 Å². The first-order valence-corrected chi connectivity index (χ1v) is 8.59. The highest BCUT2D eigenvalue weighted by Gasteiger charge is 2.26. The van der Waals surface area contributed by atoms with Crippen LogP contribution in [0.3, 0.4) is 0 Å². The fourth-order valence-electron chi connectivity index (χ4n) is 2.35. The average molecular weight is 388 g/mol. The molecule has 3 aromatic rings. The van der Waals surface area contributed by atoms with Crippen LogP contribution in [0.2, 0.25) is 5.02 Å². The van der Waals surface area contributed by atoms with Crippen molar-refractivity contribution in [3.63, 3.8) is 0 Å². The third kappa shape index (κ3) is 3.80. The van der Waals surface area contributed by atoms with Crippen LogP contribution in [0.1, 0.15) is 12.0 Å². The molecule has 0 aliphatic carbocycles. The van der Waals surface area contributed by atoms with Crippen LogP contribution < -0.4 is 10.9 Å². The summed E-state index contributed by atoms with van der Waals surface area (Å²) in [5, 5.41) is 4.92. The molecule has 2 aromatic heterocycles. The third-order valence-electron chi connectivity index (χ3n) is 3.55. The van der Waals surface area contributed by atoms with Crippen molar-refractivity contribution in [2.45, 2.75) is 19.5 Å². The molecule has 0 fully saturated rings. The molecule has 0 saturated heterocycles. The van der Waals surface area contributed by atoms with E-state index in [0.717, 1.165) is 5.56 Å². The minimum atomic E-state index is -4.29. The number of nitrogens with zero attached hydrogens (tertiary/aromatic N) is 2. The Morgan fingerprint density at radius 3 is 2.60 bits per heavy atom. The number of rotatable bonds is 4. The number of nitrogens with one attached hydrogen (secondary N) is 1. The second-order valence-electron chi connectivity index (χ2n) is 5.44. The summed E-state index contributed by atoms with van der Waals surface area (Å²) >= 11 is 7.13. The topological polar surface area (TPSA) is 46.9 Å². The van der Waals surface area contributed by atoms with E-state index in [1.54, 1.807) is 36.6 Å². The molecule has 0 spiro atoms. The van der Waals surface area contributed by atoms with Gasteiger partial charge in [-0.15, -0.1) is 11.3 Å². The molecule has 0 aliphatic heterocycles. The van der Waals surface area contributed by atoms with Gasteiger partial charge in [-0.3, -0.25) is 4.79 Å². The summed E-state index contributed by atoms with van der Waals surface area (Å²) in [4.78, 5) is 17.2. The van der Waals surface area contributed by atoms with Crippen molar-refractivity contribution in [1.29, 1.82) is 0 Å². The fraction of sp³-hybridized carbons (Fsp3) is 0.250. The summed E-state index contributed by atoms with van der Waals surface area (Å²) in [7, 11) is 0. The second kappa shape index (κ2) is 6.68. The number of aromatic nitrogens is 2. The molecule has 0 radical (unpaired) electrons. The molecular weight excluding hydrogens is 375 g/mol. The SMILES string of the molecule is Cc1csc2c(=O)n(-c3ccc(Cl)cc3)c(NCCC(F)(F)F)nc12. The molecule has 2 heterocycles. The van der Waals surface area contributed by atoms with Gasteiger partial charge in [0.2, 0.25) is 5.95 Å². The summed E-state index contributed by atoms with van der Waals surface area (Å²) in [5.74, 6) is 0.0746. The van der Waals surface area contributed by atoms with E-state index in [1.165, 1.54) is 15.9 Å². The van der Waals surface area contributed by atoms with Crippen molar-refractivity contribution in [3.8, 4) is 5.69 Å². The Hall–Kier alpha value is -2.06. The molecule has 1 aromatic carbocycles. The van der Waals surface area contributed by atoms with Crippen LogP contribution in [0.4, 0.5) is 19.1 Å². The normalized spacial score (nSPS) is 11.9. The maximum atomic E-state index is 12.8.